The third-order valence-corrected chi connectivity index (χ3v) is 3.66. The molecular weight excluding hydrogens is 309 g/mol. The molecule has 0 radical (unpaired) electrons. The van der Waals surface area contributed by atoms with Crippen LogP contribution in [0.2, 0.25) is 10.0 Å². The number of aromatic nitrogens is 2. The summed E-state index contributed by atoms with van der Waals surface area (Å²) in [5, 5.41) is 8.88. The molecule has 1 heterocycles. The average molecular weight is 328 g/mol. The van der Waals surface area contributed by atoms with Crippen LogP contribution in [0.1, 0.15) is 24.6 Å². The molecule has 0 aliphatic carbocycles. The number of benzene rings is 1. The van der Waals surface area contributed by atoms with Crippen molar-refractivity contribution in [2.75, 3.05) is 6.54 Å². The molecule has 4 nitrogen and oxygen atoms in total. The van der Waals surface area contributed by atoms with Crippen LogP contribution < -0.4 is 10.1 Å². The summed E-state index contributed by atoms with van der Waals surface area (Å²) in [6.07, 6.45) is 1.08. The zero-order valence-corrected chi connectivity index (χ0v) is 13.9. The lowest BCUT2D eigenvalue weighted by molar-refractivity contribution is 0.424. The second kappa shape index (κ2) is 7.16. The topological polar surface area (TPSA) is 39.1 Å². The summed E-state index contributed by atoms with van der Waals surface area (Å²) in [5.41, 5.74) is 1.97. The largest absolute Gasteiger partial charge is 0.437 e. The Morgan fingerprint density at radius 1 is 1.33 bits per heavy atom. The summed E-state index contributed by atoms with van der Waals surface area (Å²) in [6.45, 7) is 5.76. The quantitative estimate of drug-likeness (QED) is 0.803. The second-order valence-electron chi connectivity index (χ2n) is 4.85. The van der Waals surface area contributed by atoms with Gasteiger partial charge in [-0.1, -0.05) is 30.1 Å². The van der Waals surface area contributed by atoms with Crippen molar-refractivity contribution in [2.45, 2.75) is 26.8 Å². The number of ether oxygens (including phenoxy) is 1. The summed E-state index contributed by atoms with van der Waals surface area (Å²) in [7, 11) is 1.85. The summed E-state index contributed by atoms with van der Waals surface area (Å²) in [6, 6.07) is 5.15. The van der Waals surface area contributed by atoms with Crippen molar-refractivity contribution in [1.82, 2.24) is 15.1 Å². The van der Waals surface area contributed by atoms with Gasteiger partial charge in [0.25, 0.3) is 0 Å². The minimum absolute atomic E-state index is 0.519. The van der Waals surface area contributed by atoms with E-state index in [1.54, 1.807) is 22.9 Å². The first-order chi connectivity index (χ1) is 10.0. The smallest absolute Gasteiger partial charge is 0.222 e. The van der Waals surface area contributed by atoms with E-state index in [0.29, 0.717) is 28.2 Å². The van der Waals surface area contributed by atoms with Crippen molar-refractivity contribution in [3.8, 4) is 11.6 Å². The van der Waals surface area contributed by atoms with Gasteiger partial charge < -0.3 is 10.1 Å². The summed E-state index contributed by atoms with van der Waals surface area (Å²) >= 11 is 12.2. The first-order valence-corrected chi connectivity index (χ1v) is 7.64. The molecule has 1 N–H and O–H groups in total. The van der Waals surface area contributed by atoms with Crippen molar-refractivity contribution in [1.29, 1.82) is 0 Å². The van der Waals surface area contributed by atoms with Gasteiger partial charge in [-0.05, 0) is 32.0 Å². The molecule has 2 aromatic rings. The Balaban J connectivity index is 2.28. The van der Waals surface area contributed by atoms with Crippen LogP contribution in [-0.4, -0.2) is 16.3 Å². The zero-order chi connectivity index (χ0) is 15.4. The lowest BCUT2D eigenvalue weighted by Crippen LogP contribution is -2.14. The molecule has 0 spiro atoms. The number of halogens is 2. The van der Waals surface area contributed by atoms with E-state index in [9.17, 15) is 0 Å². The molecule has 0 aliphatic rings. The maximum atomic E-state index is 6.16. The van der Waals surface area contributed by atoms with Crippen LogP contribution in [0, 0.1) is 6.92 Å². The van der Waals surface area contributed by atoms with Crippen molar-refractivity contribution in [3.05, 3.63) is 39.5 Å². The third-order valence-electron chi connectivity index (χ3n) is 3.12. The SMILES string of the molecule is CCCNCc1c(C)nn(C)c1Oc1cc(Cl)ccc1Cl. The van der Waals surface area contributed by atoms with Crippen molar-refractivity contribution < 1.29 is 4.74 Å². The molecule has 2 rings (SSSR count). The lowest BCUT2D eigenvalue weighted by atomic mass is 10.2. The summed E-state index contributed by atoms with van der Waals surface area (Å²) in [5.74, 6) is 1.21. The molecule has 0 fully saturated rings. The molecule has 1 aromatic carbocycles. The molecule has 0 unspecified atom stereocenters. The van der Waals surface area contributed by atoms with Gasteiger partial charge in [0.1, 0.15) is 5.75 Å². The molecule has 0 aliphatic heterocycles. The maximum Gasteiger partial charge on any atom is 0.222 e. The summed E-state index contributed by atoms with van der Waals surface area (Å²) < 4.78 is 7.67. The highest BCUT2D eigenvalue weighted by Crippen LogP contribution is 2.34. The highest BCUT2D eigenvalue weighted by atomic mass is 35.5. The third kappa shape index (κ3) is 3.90. The summed E-state index contributed by atoms with van der Waals surface area (Å²) in [4.78, 5) is 0. The van der Waals surface area contributed by atoms with E-state index in [2.05, 4.69) is 17.3 Å². The molecule has 0 bridgehead atoms. The van der Waals surface area contributed by atoms with Gasteiger partial charge in [-0.3, -0.25) is 0 Å². The van der Waals surface area contributed by atoms with Crippen molar-refractivity contribution in [3.63, 3.8) is 0 Å². The molecule has 0 saturated heterocycles. The fourth-order valence-electron chi connectivity index (χ4n) is 2.06. The van der Waals surface area contributed by atoms with E-state index >= 15 is 0 Å². The predicted octanol–water partition coefficient (Wildman–Crippen LogP) is 4.33. The van der Waals surface area contributed by atoms with E-state index in [-0.39, 0.29) is 0 Å². The normalized spacial score (nSPS) is 10.9. The highest BCUT2D eigenvalue weighted by Gasteiger charge is 2.16. The van der Waals surface area contributed by atoms with E-state index in [1.807, 2.05) is 14.0 Å². The molecular formula is C15H19Cl2N3O. The van der Waals surface area contributed by atoms with E-state index in [0.717, 1.165) is 24.2 Å². The minimum Gasteiger partial charge on any atom is -0.437 e. The minimum atomic E-state index is 0.519. The molecule has 114 valence electrons. The molecule has 0 amide bonds. The molecule has 1 aromatic heterocycles. The molecule has 0 atom stereocenters. The van der Waals surface area contributed by atoms with Gasteiger partial charge in [-0.2, -0.15) is 5.10 Å². The van der Waals surface area contributed by atoms with Crippen LogP contribution >= 0.6 is 23.2 Å². The Morgan fingerprint density at radius 2 is 2.10 bits per heavy atom. The molecule has 6 heteroatoms. The van der Waals surface area contributed by atoms with Crippen LogP contribution in [0.4, 0.5) is 0 Å². The van der Waals surface area contributed by atoms with Crippen molar-refractivity contribution in [2.24, 2.45) is 7.05 Å². The lowest BCUT2D eigenvalue weighted by Gasteiger charge is -2.11. The Bertz CT molecular complexity index is 626. The number of rotatable bonds is 6. The molecule has 0 saturated carbocycles. The average Bonchev–Trinajstić information content (AvgIpc) is 2.70. The number of hydrogen-bond acceptors (Lipinski definition) is 3. The maximum absolute atomic E-state index is 6.16. The van der Waals surface area contributed by atoms with Gasteiger partial charge in [-0.25, -0.2) is 4.68 Å². The fourth-order valence-corrected chi connectivity index (χ4v) is 2.38. The number of nitrogens with one attached hydrogen (secondary N) is 1. The Labute approximate surface area is 135 Å². The number of nitrogens with zero attached hydrogens (tertiary/aromatic N) is 2. The number of aryl methyl sites for hydroxylation is 2. The van der Waals surface area contributed by atoms with Gasteiger partial charge in [0.15, 0.2) is 0 Å². The standard InChI is InChI=1S/C15H19Cl2N3O/c1-4-7-18-9-12-10(2)19-20(3)15(12)21-14-8-11(16)5-6-13(14)17/h5-6,8,18H,4,7,9H2,1-3H3. The second-order valence-corrected chi connectivity index (χ2v) is 5.69. The Morgan fingerprint density at radius 3 is 2.81 bits per heavy atom. The Hall–Kier alpha value is -1.23. The monoisotopic (exact) mass is 327 g/mol. The van der Waals surface area contributed by atoms with Gasteiger partial charge in [0.05, 0.1) is 16.3 Å². The van der Waals surface area contributed by atoms with Gasteiger partial charge >= 0.3 is 0 Å². The van der Waals surface area contributed by atoms with Gasteiger partial charge in [0.2, 0.25) is 5.88 Å². The Kier molecular flexibility index (Phi) is 5.51. The van der Waals surface area contributed by atoms with Crippen LogP contribution in [0.25, 0.3) is 0 Å². The van der Waals surface area contributed by atoms with Gasteiger partial charge in [0, 0.05) is 24.7 Å². The first-order valence-electron chi connectivity index (χ1n) is 6.89. The van der Waals surface area contributed by atoms with Gasteiger partial charge in [-0.15, -0.1) is 0 Å². The highest BCUT2D eigenvalue weighted by molar-refractivity contribution is 6.34. The van der Waals surface area contributed by atoms with E-state index in [1.165, 1.54) is 0 Å². The van der Waals surface area contributed by atoms with Crippen LogP contribution in [-0.2, 0) is 13.6 Å². The van der Waals surface area contributed by atoms with Crippen LogP contribution in [0.5, 0.6) is 11.6 Å². The fraction of sp³-hybridized carbons (Fsp3) is 0.400. The van der Waals surface area contributed by atoms with E-state index < -0.39 is 0 Å². The number of hydrogen-bond donors (Lipinski definition) is 1. The van der Waals surface area contributed by atoms with Crippen LogP contribution in [0.3, 0.4) is 0 Å². The predicted molar refractivity (Wildman–Crippen MR) is 86.5 cm³/mol. The molecule has 21 heavy (non-hydrogen) atoms. The van der Waals surface area contributed by atoms with E-state index in [4.69, 9.17) is 27.9 Å². The van der Waals surface area contributed by atoms with Crippen molar-refractivity contribution >= 4 is 23.2 Å². The first kappa shape index (κ1) is 16.1. The van der Waals surface area contributed by atoms with Crippen LogP contribution in [0.15, 0.2) is 18.2 Å². The zero-order valence-electron chi connectivity index (χ0n) is 12.4.